The number of hydrogen-bond donors (Lipinski definition) is 0. The molecule has 0 bridgehead atoms. The first-order valence-corrected chi connectivity index (χ1v) is 9.99. The van der Waals surface area contributed by atoms with Crippen molar-refractivity contribution < 1.29 is 38.5 Å². The van der Waals surface area contributed by atoms with Gasteiger partial charge in [0.05, 0.1) is 5.03 Å². The highest BCUT2D eigenvalue weighted by atomic mass is 127. The molecule has 0 fully saturated rings. The summed E-state index contributed by atoms with van der Waals surface area (Å²) in [6, 6.07) is 21.2. The van der Waals surface area contributed by atoms with E-state index in [-0.39, 0.29) is 21.2 Å². The van der Waals surface area contributed by atoms with Crippen LogP contribution < -0.4 is 21.2 Å². The highest BCUT2D eigenvalue weighted by Crippen LogP contribution is 2.11. The van der Waals surface area contributed by atoms with Crippen LogP contribution in [0.3, 0.4) is 0 Å². The van der Waals surface area contributed by atoms with Gasteiger partial charge in [0.2, 0.25) is 0 Å². The van der Waals surface area contributed by atoms with Gasteiger partial charge < -0.3 is 17.3 Å². The van der Waals surface area contributed by atoms with Crippen molar-refractivity contribution in [3.05, 3.63) is 78.9 Å². The second-order valence-corrected chi connectivity index (χ2v) is 7.77. The molecular formula is C17H17BClF4I. The fraction of sp³-hybridized carbons (Fsp3) is 0.176. The molecule has 0 aromatic heterocycles. The molecule has 0 amide bonds. The van der Waals surface area contributed by atoms with Crippen LogP contribution in [-0.2, 0) is 6.42 Å². The van der Waals surface area contributed by atoms with Gasteiger partial charge in [-0.15, -0.1) is 0 Å². The molecule has 0 saturated heterocycles. The van der Waals surface area contributed by atoms with Gasteiger partial charge in [0, 0.05) is 0 Å². The van der Waals surface area contributed by atoms with E-state index in [2.05, 4.69) is 64.7 Å². The van der Waals surface area contributed by atoms with Crippen LogP contribution in [0, 0.1) is 3.57 Å². The van der Waals surface area contributed by atoms with E-state index >= 15 is 0 Å². The number of halogens is 6. The summed E-state index contributed by atoms with van der Waals surface area (Å²) in [5.74, 6) is 0. The second kappa shape index (κ2) is 11.5. The molecule has 0 aliphatic rings. The Hall–Kier alpha value is -1.02. The Morgan fingerprint density at radius 1 is 0.917 bits per heavy atom. The lowest BCUT2D eigenvalue weighted by molar-refractivity contribution is -0.557. The summed E-state index contributed by atoms with van der Waals surface area (Å²) < 4.78 is 42.7. The highest BCUT2D eigenvalue weighted by Gasteiger charge is 2.20. The number of hydrogen-bond acceptors (Lipinski definition) is 0. The van der Waals surface area contributed by atoms with Crippen LogP contribution in [0.15, 0.2) is 69.8 Å². The van der Waals surface area contributed by atoms with E-state index in [4.69, 9.17) is 11.6 Å². The van der Waals surface area contributed by atoms with E-state index in [1.807, 2.05) is 0 Å². The third kappa shape index (κ3) is 12.4. The average Bonchev–Trinajstić information content (AvgIpc) is 2.53. The van der Waals surface area contributed by atoms with Gasteiger partial charge in [-0.3, -0.25) is 0 Å². The highest BCUT2D eigenvalue weighted by molar-refractivity contribution is 6.50. The molecule has 130 valence electrons. The lowest BCUT2D eigenvalue weighted by Crippen LogP contribution is -3.59. The third-order valence-corrected chi connectivity index (χ3v) is 5.92. The van der Waals surface area contributed by atoms with Crippen molar-refractivity contribution in [2.45, 2.75) is 19.3 Å². The molecule has 0 spiro atoms. The minimum atomic E-state index is -6.00. The van der Waals surface area contributed by atoms with Crippen LogP contribution >= 0.6 is 11.6 Å². The van der Waals surface area contributed by atoms with E-state index in [0.717, 1.165) is 24.3 Å². The molecule has 7 heteroatoms. The largest absolute Gasteiger partial charge is 0.673 e. The Bertz CT molecular complexity index is 597. The zero-order valence-electron chi connectivity index (χ0n) is 12.8. The minimum Gasteiger partial charge on any atom is -0.418 e. The van der Waals surface area contributed by atoms with Crippen LogP contribution in [0.4, 0.5) is 17.3 Å². The van der Waals surface area contributed by atoms with Crippen LogP contribution in [0.2, 0.25) is 0 Å². The van der Waals surface area contributed by atoms with E-state index in [1.165, 1.54) is 9.13 Å². The number of rotatable bonds is 6. The molecule has 0 atom stereocenters. The smallest absolute Gasteiger partial charge is 0.418 e. The van der Waals surface area contributed by atoms with E-state index in [9.17, 15) is 17.3 Å². The van der Waals surface area contributed by atoms with Gasteiger partial charge in [0.25, 0.3) is 0 Å². The summed E-state index contributed by atoms with van der Waals surface area (Å²) in [4.78, 5) is 0. The lowest BCUT2D eigenvalue weighted by Gasteiger charge is -1.99. The first kappa shape index (κ1) is 21.0. The fourth-order valence-corrected chi connectivity index (χ4v) is 4.02. The molecule has 2 aromatic rings. The summed E-state index contributed by atoms with van der Waals surface area (Å²) in [5, 5.41) is 1.02. The standard InChI is InChI=1S/C17H17ClI.BF4/c18-16(14-19-17-12-5-2-6-13-17)11-7-10-15-8-3-1-4-9-15;2-1(3,4)5/h1-6,8-9,12-14H,7,10-11H2;/q+1;-1/b16-14-;. The maximum absolute atomic E-state index is 9.75. The van der Waals surface area contributed by atoms with Crippen LogP contribution in [0.25, 0.3) is 0 Å². The minimum absolute atomic E-state index is 0.0804. The van der Waals surface area contributed by atoms with Crippen molar-refractivity contribution in [2.24, 2.45) is 0 Å². The zero-order chi connectivity index (χ0) is 17.8. The Morgan fingerprint density at radius 3 is 1.96 bits per heavy atom. The molecule has 0 radical (unpaired) electrons. The number of allylic oxidation sites excluding steroid dienone is 1. The fourth-order valence-electron chi connectivity index (χ4n) is 1.77. The Labute approximate surface area is 155 Å². The Balaban J connectivity index is 0.000000505. The molecular weight excluding hydrogens is 453 g/mol. The first-order chi connectivity index (χ1) is 11.3. The molecule has 0 N–H and O–H groups in total. The Kier molecular flexibility index (Phi) is 10.1. The summed E-state index contributed by atoms with van der Waals surface area (Å²) in [6.07, 6.45) is 3.22. The van der Waals surface area contributed by atoms with Crippen molar-refractivity contribution in [3.8, 4) is 0 Å². The summed E-state index contributed by atoms with van der Waals surface area (Å²) in [7, 11) is -6.00. The van der Waals surface area contributed by atoms with E-state index in [1.54, 1.807) is 0 Å². The van der Waals surface area contributed by atoms with Gasteiger partial charge in [0.15, 0.2) is 7.65 Å². The topological polar surface area (TPSA) is 0 Å². The van der Waals surface area contributed by atoms with Gasteiger partial charge >= 0.3 is 28.5 Å². The predicted octanol–water partition coefficient (Wildman–Crippen LogP) is 3.35. The lowest BCUT2D eigenvalue weighted by atomic mass is 10.1. The molecule has 2 rings (SSSR count). The van der Waals surface area contributed by atoms with Gasteiger partial charge in [-0.25, -0.2) is 0 Å². The molecule has 0 nitrogen and oxygen atoms in total. The molecule has 0 aliphatic carbocycles. The molecule has 2 aromatic carbocycles. The Morgan fingerprint density at radius 2 is 1.42 bits per heavy atom. The van der Waals surface area contributed by atoms with Crippen LogP contribution in [-0.4, -0.2) is 7.25 Å². The average molecular weight is 470 g/mol. The van der Waals surface area contributed by atoms with Gasteiger partial charge in [-0.1, -0.05) is 60.1 Å². The van der Waals surface area contributed by atoms with Crippen molar-refractivity contribution in [2.75, 3.05) is 0 Å². The maximum Gasteiger partial charge on any atom is 0.673 e. The first-order valence-electron chi connectivity index (χ1n) is 7.29. The number of aryl methyl sites for hydroxylation is 1. The summed E-state index contributed by atoms with van der Waals surface area (Å²) >= 11 is 6.21. The molecule has 0 saturated carbocycles. The molecule has 0 aliphatic heterocycles. The SMILES string of the molecule is Cl/C(=C\[I+]c1ccccc1)CCCc1ccccc1.F[B-](F)(F)F. The number of benzene rings is 2. The normalized spacial score (nSPS) is 11.6. The molecule has 24 heavy (non-hydrogen) atoms. The van der Waals surface area contributed by atoms with Gasteiger partial charge in [-0.2, -0.15) is 0 Å². The van der Waals surface area contributed by atoms with Crippen molar-refractivity contribution in [1.29, 1.82) is 0 Å². The van der Waals surface area contributed by atoms with E-state index in [0.29, 0.717) is 0 Å². The monoisotopic (exact) mass is 470 g/mol. The van der Waals surface area contributed by atoms with E-state index < -0.39 is 7.25 Å². The molecule has 0 unspecified atom stereocenters. The van der Waals surface area contributed by atoms with Gasteiger partial charge in [0.1, 0.15) is 0 Å². The maximum atomic E-state index is 9.75. The molecule has 0 heterocycles. The van der Waals surface area contributed by atoms with Crippen LogP contribution in [0.1, 0.15) is 18.4 Å². The van der Waals surface area contributed by atoms with Crippen molar-refractivity contribution in [1.82, 2.24) is 0 Å². The zero-order valence-corrected chi connectivity index (χ0v) is 15.7. The third-order valence-electron chi connectivity index (χ3n) is 2.76. The van der Waals surface area contributed by atoms with Gasteiger partial charge in [-0.05, 0) is 37.0 Å². The predicted molar refractivity (Wildman–Crippen MR) is 88.6 cm³/mol. The second-order valence-electron chi connectivity index (χ2n) is 4.79. The summed E-state index contributed by atoms with van der Waals surface area (Å²) in [5.41, 5.74) is 1.39. The van der Waals surface area contributed by atoms with Crippen molar-refractivity contribution in [3.63, 3.8) is 0 Å². The van der Waals surface area contributed by atoms with Crippen LogP contribution in [0.5, 0.6) is 0 Å². The van der Waals surface area contributed by atoms with Crippen molar-refractivity contribution >= 4 is 18.9 Å². The summed E-state index contributed by atoms with van der Waals surface area (Å²) in [6.45, 7) is 0. The quantitative estimate of drug-likeness (QED) is 0.345.